The molecule has 0 radical (unpaired) electrons. The van der Waals surface area contributed by atoms with E-state index in [1.165, 1.54) is 11.8 Å². The van der Waals surface area contributed by atoms with Gasteiger partial charge in [-0.3, -0.25) is 4.79 Å². The molecule has 3 N–H and O–H groups in total. The summed E-state index contributed by atoms with van der Waals surface area (Å²) in [7, 11) is 0. The number of nitrogens with one attached hydrogen (secondary N) is 3. The summed E-state index contributed by atoms with van der Waals surface area (Å²) < 4.78 is 0. The molecule has 6 heteroatoms. The second-order valence-corrected chi connectivity index (χ2v) is 6.21. The number of carbonyl (C=O) groups is 2. The van der Waals surface area contributed by atoms with Gasteiger partial charge in [0.2, 0.25) is 5.91 Å². The molecule has 126 valence electrons. The highest BCUT2D eigenvalue weighted by Gasteiger charge is 2.08. The minimum Gasteiger partial charge on any atom is -0.338 e. The van der Waals surface area contributed by atoms with Crippen LogP contribution in [0, 0.1) is 6.92 Å². The van der Waals surface area contributed by atoms with Crippen LogP contribution in [0.4, 0.5) is 16.2 Å². The van der Waals surface area contributed by atoms with E-state index >= 15 is 0 Å². The van der Waals surface area contributed by atoms with Crippen LogP contribution in [0.1, 0.15) is 12.5 Å². The molecule has 5 nitrogen and oxygen atoms in total. The fraction of sp³-hybridized carbons (Fsp3) is 0.222. The van der Waals surface area contributed by atoms with Crippen molar-refractivity contribution in [2.75, 3.05) is 22.9 Å². The van der Waals surface area contributed by atoms with Crippen molar-refractivity contribution in [1.29, 1.82) is 0 Å². The van der Waals surface area contributed by atoms with Gasteiger partial charge in [0.1, 0.15) is 0 Å². The van der Waals surface area contributed by atoms with Crippen molar-refractivity contribution >= 4 is 35.1 Å². The minimum absolute atomic E-state index is 0.0814. The molecule has 0 unspecified atom stereocenters. The molecule has 0 atom stereocenters. The zero-order chi connectivity index (χ0) is 17.4. The van der Waals surface area contributed by atoms with Gasteiger partial charge in [-0.1, -0.05) is 24.3 Å². The van der Waals surface area contributed by atoms with Crippen LogP contribution in [0.2, 0.25) is 0 Å². The Morgan fingerprint density at radius 2 is 1.79 bits per heavy atom. The second kappa shape index (κ2) is 8.98. The highest BCUT2D eigenvalue weighted by Crippen LogP contribution is 2.22. The molecule has 24 heavy (non-hydrogen) atoms. The maximum absolute atomic E-state index is 12.1. The van der Waals surface area contributed by atoms with Gasteiger partial charge in [-0.15, -0.1) is 11.8 Å². The summed E-state index contributed by atoms with van der Waals surface area (Å²) >= 11 is 1.48. The molecule has 3 amide bonds. The van der Waals surface area contributed by atoms with E-state index in [4.69, 9.17) is 0 Å². The average molecular weight is 343 g/mol. The van der Waals surface area contributed by atoms with Crippen LogP contribution in [0.5, 0.6) is 0 Å². The number of amides is 3. The first-order valence-electron chi connectivity index (χ1n) is 7.71. The fourth-order valence-corrected chi connectivity index (χ4v) is 2.74. The lowest BCUT2D eigenvalue weighted by atomic mass is 10.2. The van der Waals surface area contributed by atoms with Gasteiger partial charge in [0, 0.05) is 22.8 Å². The average Bonchev–Trinajstić information content (AvgIpc) is 2.57. The van der Waals surface area contributed by atoms with Gasteiger partial charge in [0.25, 0.3) is 0 Å². The molecular formula is C18H21N3O2S. The summed E-state index contributed by atoms with van der Waals surface area (Å²) in [6.07, 6.45) is 0. The van der Waals surface area contributed by atoms with Crippen LogP contribution in [0.3, 0.4) is 0 Å². The Hall–Kier alpha value is -2.47. The zero-order valence-electron chi connectivity index (χ0n) is 13.8. The summed E-state index contributed by atoms with van der Waals surface area (Å²) in [6, 6.07) is 14.9. The van der Waals surface area contributed by atoms with Gasteiger partial charge in [-0.2, -0.15) is 0 Å². The molecule has 0 aliphatic heterocycles. The number of urea groups is 1. The Labute approximate surface area is 146 Å². The number of rotatable bonds is 6. The van der Waals surface area contributed by atoms with Crippen molar-refractivity contribution in [1.82, 2.24) is 5.32 Å². The largest absolute Gasteiger partial charge is 0.338 e. The molecule has 2 aromatic carbocycles. The lowest BCUT2D eigenvalue weighted by Gasteiger charge is -2.12. The zero-order valence-corrected chi connectivity index (χ0v) is 14.6. The van der Waals surface area contributed by atoms with Crippen LogP contribution in [0.15, 0.2) is 53.4 Å². The molecule has 0 heterocycles. The number of hydrogen-bond acceptors (Lipinski definition) is 3. The topological polar surface area (TPSA) is 70.2 Å². The Kier molecular flexibility index (Phi) is 6.69. The van der Waals surface area contributed by atoms with E-state index in [0.29, 0.717) is 23.7 Å². The van der Waals surface area contributed by atoms with E-state index in [9.17, 15) is 9.59 Å². The Bertz CT molecular complexity index is 705. The second-order valence-electron chi connectivity index (χ2n) is 5.16. The van der Waals surface area contributed by atoms with Crippen molar-refractivity contribution in [2.24, 2.45) is 0 Å². The smallest absolute Gasteiger partial charge is 0.319 e. The number of anilines is 2. The van der Waals surface area contributed by atoms with Crippen LogP contribution in [-0.4, -0.2) is 24.2 Å². The summed E-state index contributed by atoms with van der Waals surface area (Å²) in [4.78, 5) is 24.8. The Morgan fingerprint density at radius 1 is 1.04 bits per heavy atom. The Balaban J connectivity index is 1.95. The van der Waals surface area contributed by atoms with E-state index in [2.05, 4.69) is 16.0 Å². The quantitative estimate of drug-likeness (QED) is 0.697. The van der Waals surface area contributed by atoms with Gasteiger partial charge in [0.05, 0.1) is 5.75 Å². The molecule has 0 aliphatic carbocycles. The summed E-state index contributed by atoms with van der Waals surface area (Å²) in [5.74, 6) is 0.249. The molecule has 2 rings (SSSR count). The van der Waals surface area contributed by atoms with Crippen LogP contribution < -0.4 is 16.0 Å². The number of benzene rings is 2. The van der Waals surface area contributed by atoms with E-state index in [1.807, 2.05) is 50.2 Å². The van der Waals surface area contributed by atoms with E-state index in [-0.39, 0.29) is 11.9 Å². The number of carbonyl (C=O) groups excluding carboxylic acids is 2. The lowest BCUT2D eigenvalue weighted by Crippen LogP contribution is -2.28. The van der Waals surface area contributed by atoms with Crippen molar-refractivity contribution in [3.63, 3.8) is 0 Å². The van der Waals surface area contributed by atoms with Crippen molar-refractivity contribution in [3.8, 4) is 0 Å². The summed E-state index contributed by atoms with van der Waals surface area (Å²) in [5.41, 5.74) is 2.27. The van der Waals surface area contributed by atoms with Gasteiger partial charge in [-0.25, -0.2) is 4.79 Å². The van der Waals surface area contributed by atoms with Crippen LogP contribution in [0.25, 0.3) is 0 Å². The van der Waals surface area contributed by atoms with Crippen LogP contribution >= 0.6 is 11.8 Å². The highest BCUT2D eigenvalue weighted by atomic mass is 32.2. The predicted octanol–water partition coefficient (Wildman–Crippen LogP) is 3.87. The number of aryl methyl sites for hydroxylation is 1. The van der Waals surface area contributed by atoms with E-state index in [1.54, 1.807) is 12.1 Å². The first kappa shape index (κ1) is 17.9. The standard InChI is InChI=1S/C18H21N3O2S/c1-3-19-18(23)20-14-10-9-13(2)16(11-14)21-17(22)12-24-15-7-5-4-6-8-15/h4-11H,3,12H2,1-2H3,(H,21,22)(H2,19,20,23). The van der Waals surface area contributed by atoms with E-state index < -0.39 is 0 Å². The van der Waals surface area contributed by atoms with Crippen molar-refractivity contribution in [2.45, 2.75) is 18.7 Å². The van der Waals surface area contributed by atoms with Crippen molar-refractivity contribution < 1.29 is 9.59 Å². The lowest BCUT2D eigenvalue weighted by molar-refractivity contribution is -0.113. The predicted molar refractivity (Wildman–Crippen MR) is 99.7 cm³/mol. The number of thioether (sulfide) groups is 1. The molecule has 0 aliphatic rings. The maximum Gasteiger partial charge on any atom is 0.319 e. The molecule has 0 spiro atoms. The maximum atomic E-state index is 12.1. The first-order valence-corrected chi connectivity index (χ1v) is 8.70. The molecular weight excluding hydrogens is 322 g/mol. The first-order chi connectivity index (χ1) is 11.6. The molecule has 0 saturated carbocycles. The third-order valence-electron chi connectivity index (χ3n) is 3.22. The van der Waals surface area contributed by atoms with Gasteiger partial charge >= 0.3 is 6.03 Å². The summed E-state index contributed by atoms with van der Waals surface area (Å²) in [5, 5.41) is 8.30. The third-order valence-corrected chi connectivity index (χ3v) is 4.23. The minimum atomic E-state index is -0.265. The third kappa shape index (κ3) is 5.62. The van der Waals surface area contributed by atoms with Crippen molar-refractivity contribution in [3.05, 3.63) is 54.1 Å². The normalized spacial score (nSPS) is 10.1. The Morgan fingerprint density at radius 3 is 2.50 bits per heavy atom. The summed E-state index contributed by atoms with van der Waals surface area (Å²) in [6.45, 7) is 4.32. The molecule has 0 aromatic heterocycles. The van der Waals surface area contributed by atoms with E-state index in [0.717, 1.165) is 10.5 Å². The highest BCUT2D eigenvalue weighted by molar-refractivity contribution is 8.00. The molecule has 0 saturated heterocycles. The van der Waals surface area contributed by atoms with Gasteiger partial charge in [0.15, 0.2) is 0 Å². The van der Waals surface area contributed by atoms with Crippen LogP contribution in [-0.2, 0) is 4.79 Å². The SMILES string of the molecule is CCNC(=O)Nc1ccc(C)c(NC(=O)CSc2ccccc2)c1. The molecule has 0 fully saturated rings. The van der Waals surface area contributed by atoms with Gasteiger partial charge in [-0.05, 0) is 43.7 Å². The number of hydrogen-bond donors (Lipinski definition) is 3. The fourth-order valence-electron chi connectivity index (χ4n) is 2.02. The monoisotopic (exact) mass is 343 g/mol. The molecule has 2 aromatic rings. The van der Waals surface area contributed by atoms with Gasteiger partial charge < -0.3 is 16.0 Å². The molecule has 0 bridgehead atoms.